The molecule has 2 rings (SSSR count). The number of carbonyl (C=O) groups is 2. The molecule has 1 atom stereocenters. The van der Waals surface area contributed by atoms with E-state index in [9.17, 15) is 14.9 Å². The van der Waals surface area contributed by atoms with Crippen molar-refractivity contribution in [3.05, 3.63) is 64.2 Å². The number of aryl methyl sites for hydroxylation is 2. The van der Waals surface area contributed by atoms with Crippen LogP contribution in [0.3, 0.4) is 0 Å². The second kappa shape index (κ2) is 7.08. The third-order valence-electron chi connectivity index (χ3n) is 3.55. The molecule has 1 amide bonds. The van der Waals surface area contributed by atoms with E-state index in [1.165, 1.54) is 0 Å². The molecule has 0 spiro atoms. The van der Waals surface area contributed by atoms with Crippen molar-refractivity contribution in [3.63, 3.8) is 0 Å². The maximum absolute atomic E-state index is 12.4. The number of ketones is 1. The summed E-state index contributed by atoms with van der Waals surface area (Å²) in [5, 5.41) is 12.2. The molecule has 0 heterocycles. The van der Waals surface area contributed by atoms with Crippen LogP contribution in [-0.2, 0) is 9.59 Å². The van der Waals surface area contributed by atoms with Crippen LogP contribution in [0.5, 0.6) is 0 Å². The number of nitriles is 1. The monoisotopic (exact) mass is 326 g/mol. The first kappa shape index (κ1) is 16.7. The summed E-state index contributed by atoms with van der Waals surface area (Å²) in [5.74, 6) is -2.88. The van der Waals surface area contributed by atoms with Crippen LogP contribution in [0, 0.1) is 25.2 Å². The highest BCUT2D eigenvalue weighted by Crippen LogP contribution is 2.26. The van der Waals surface area contributed by atoms with E-state index in [0.717, 1.165) is 11.1 Å². The SMILES string of the molecule is Cc1cccc(C)c1NC(=O)C(=O)C(C#N)c1ccccc1Cl. The van der Waals surface area contributed by atoms with Crippen molar-refractivity contribution in [1.29, 1.82) is 5.26 Å². The number of anilines is 1. The van der Waals surface area contributed by atoms with Crippen molar-refractivity contribution in [2.75, 3.05) is 5.32 Å². The lowest BCUT2D eigenvalue weighted by Crippen LogP contribution is -2.28. The zero-order valence-corrected chi connectivity index (χ0v) is 13.5. The van der Waals surface area contributed by atoms with Crippen LogP contribution in [0.25, 0.3) is 0 Å². The fourth-order valence-corrected chi connectivity index (χ4v) is 2.54. The Kier molecular flexibility index (Phi) is 5.15. The molecule has 4 nitrogen and oxygen atoms in total. The molecule has 23 heavy (non-hydrogen) atoms. The van der Waals surface area contributed by atoms with Gasteiger partial charge in [0.1, 0.15) is 5.92 Å². The summed E-state index contributed by atoms with van der Waals surface area (Å²) in [6.45, 7) is 3.67. The van der Waals surface area contributed by atoms with E-state index in [1.54, 1.807) is 24.3 Å². The summed E-state index contributed by atoms with van der Waals surface area (Å²) in [5.41, 5.74) is 2.61. The quantitative estimate of drug-likeness (QED) is 0.869. The normalized spacial score (nSPS) is 11.4. The molecule has 5 heteroatoms. The Morgan fingerprint density at radius 2 is 1.70 bits per heavy atom. The van der Waals surface area contributed by atoms with Crippen molar-refractivity contribution in [2.45, 2.75) is 19.8 Å². The number of carbonyl (C=O) groups excluding carboxylic acids is 2. The van der Waals surface area contributed by atoms with Crippen LogP contribution in [0.2, 0.25) is 5.02 Å². The van der Waals surface area contributed by atoms with Crippen LogP contribution >= 0.6 is 11.6 Å². The average molecular weight is 327 g/mol. The number of Topliss-reactive ketones (excluding diaryl/α,β-unsaturated/α-hetero) is 1. The lowest BCUT2D eigenvalue weighted by Gasteiger charge is -2.13. The Hall–Kier alpha value is -2.64. The first-order valence-corrected chi connectivity index (χ1v) is 7.39. The van der Waals surface area contributed by atoms with Gasteiger partial charge in [0.05, 0.1) is 6.07 Å². The molecule has 1 unspecified atom stereocenters. The van der Waals surface area contributed by atoms with Gasteiger partial charge < -0.3 is 5.32 Å². The second-order valence-electron chi connectivity index (χ2n) is 5.17. The molecular weight excluding hydrogens is 312 g/mol. The van der Waals surface area contributed by atoms with Crippen LogP contribution in [-0.4, -0.2) is 11.7 Å². The topological polar surface area (TPSA) is 70.0 Å². The molecule has 0 aromatic heterocycles. The number of para-hydroxylation sites is 1. The molecule has 0 fully saturated rings. The average Bonchev–Trinajstić information content (AvgIpc) is 2.53. The minimum absolute atomic E-state index is 0.285. The minimum atomic E-state index is -1.23. The Morgan fingerprint density at radius 1 is 1.09 bits per heavy atom. The smallest absolute Gasteiger partial charge is 0.293 e. The van der Waals surface area contributed by atoms with Gasteiger partial charge in [-0.1, -0.05) is 48.0 Å². The first-order chi connectivity index (χ1) is 11.0. The highest BCUT2D eigenvalue weighted by molar-refractivity contribution is 6.43. The van der Waals surface area contributed by atoms with Gasteiger partial charge in [-0.25, -0.2) is 0 Å². The van der Waals surface area contributed by atoms with Gasteiger partial charge in [-0.15, -0.1) is 0 Å². The summed E-state index contributed by atoms with van der Waals surface area (Å²) >= 11 is 6.02. The van der Waals surface area contributed by atoms with Gasteiger partial charge in [-0.2, -0.15) is 5.26 Å². The molecule has 2 aromatic carbocycles. The van der Waals surface area contributed by atoms with E-state index in [1.807, 2.05) is 38.1 Å². The van der Waals surface area contributed by atoms with E-state index in [2.05, 4.69) is 5.32 Å². The molecule has 2 aromatic rings. The van der Waals surface area contributed by atoms with Crippen molar-refractivity contribution in [1.82, 2.24) is 0 Å². The number of hydrogen-bond donors (Lipinski definition) is 1. The highest BCUT2D eigenvalue weighted by Gasteiger charge is 2.28. The van der Waals surface area contributed by atoms with Gasteiger partial charge in [0.2, 0.25) is 5.78 Å². The zero-order chi connectivity index (χ0) is 17.0. The van der Waals surface area contributed by atoms with Gasteiger partial charge in [-0.05, 0) is 36.6 Å². The Bertz CT molecular complexity index is 789. The van der Waals surface area contributed by atoms with Crippen LogP contribution < -0.4 is 5.32 Å². The van der Waals surface area contributed by atoms with Crippen LogP contribution in [0.4, 0.5) is 5.69 Å². The van der Waals surface area contributed by atoms with Gasteiger partial charge in [0.25, 0.3) is 5.91 Å². The fourth-order valence-electron chi connectivity index (χ4n) is 2.30. The van der Waals surface area contributed by atoms with Gasteiger partial charge in [0.15, 0.2) is 0 Å². The molecule has 0 saturated heterocycles. The number of amides is 1. The fraction of sp³-hybridized carbons (Fsp3) is 0.167. The summed E-state index contributed by atoms with van der Waals surface area (Å²) < 4.78 is 0. The van der Waals surface area contributed by atoms with E-state index in [-0.39, 0.29) is 5.02 Å². The molecule has 0 radical (unpaired) electrons. The Labute approximate surface area is 139 Å². The molecular formula is C18H15ClN2O2. The summed E-state index contributed by atoms with van der Waals surface area (Å²) in [7, 11) is 0. The van der Waals surface area contributed by atoms with Gasteiger partial charge in [0, 0.05) is 10.7 Å². The first-order valence-electron chi connectivity index (χ1n) is 7.01. The number of halogens is 1. The standard InChI is InChI=1S/C18H15ClN2O2/c1-11-6-5-7-12(2)16(11)21-18(23)17(22)14(10-20)13-8-3-4-9-15(13)19/h3-9,14H,1-2H3,(H,21,23). The lowest BCUT2D eigenvalue weighted by atomic mass is 9.95. The summed E-state index contributed by atoms with van der Waals surface area (Å²) in [4.78, 5) is 24.6. The number of hydrogen-bond acceptors (Lipinski definition) is 3. The minimum Gasteiger partial charge on any atom is -0.319 e. The van der Waals surface area contributed by atoms with Crippen molar-refractivity contribution in [3.8, 4) is 6.07 Å². The molecule has 0 aliphatic rings. The largest absolute Gasteiger partial charge is 0.319 e. The highest BCUT2D eigenvalue weighted by atomic mass is 35.5. The van der Waals surface area contributed by atoms with Gasteiger partial charge >= 0.3 is 0 Å². The third-order valence-corrected chi connectivity index (χ3v) is 3.90. The van der Waals surface area contributed by atoms with E-state index in [4.69, 9.17) is 11.6 Å². The van der Waals surface area contributed by atoms with Crippen molar-refractivity contribution < 1.29 is 9.59 Å². The molecule has 0 saturated carbocycles. The Balaban J connectivity index is 2.27. The summed E-state index contributed by atoms with van der Waals surface area (Å²) in [6, 6.07) is 13.9. The zero-order valence-electron chi connectivity index (χ0n) is 12.8. The second-order valence-corrected chi connectivity index (χ2v) is 5.58. The summed E-state index contributed by atoms with van der Waals surface area (Å²) in [6.07, 6.45) is 0. The molecule has 0 aliphatic carbocycles. The predicted molar refractivity (Wildman–Crippen MR) is 89.4 cm³/mol. The van der Waals surface area contributed by atoms with Crippen LogP contribution in [0.15, 0.2) is 42.5 Å². The number of nitrogens with one attached hydrogen (secondary N) is 1. The predicted octanol–water partition coefficient (Wildman–Crippen LogP) is 3.77. The molecule has 116 valence electrons. The molecule has 0 bridgehead atoms. The van der Waals surface area contributed by atoms with E-state index < -0.39 is 17.6 Å². The number of benzene rings is 2. The molecule has 0 aliphatic heterocycles. The Morgan fingerprint density at radius 3 is 2.26 bits per heavy atom. The van der Waals surface area contributed by atoms with Crippen molar-refractivity contribution >= 4 is 29.0 Å². The van der Waals surface area contributed by atoms with E-state index >= 15 is 0 Å². The number of rotatable bonds is 4. The third kappa shape index (κ3) is 3.58. The van der Waals surface area contributed by atoms with Crippen LogP contribution in [0.1, 0.15) is 22.6 Å². The molecule has 1 N–H and O–H groups in total. The number of nitrogens with zero attached hydrogens (tertiary/aromatic N) is 1. The maximum atomic E-state index is 12.4. The van der Waals surface area contributed by atoms with E-state index in [0.29, 0.717) is 11.3 Å². The van der Waals surface area contributed by atoms with Gasteiger partial charge in [-0.3, -0.25) is 9.59 Å². The lowest BCUT2D eigenvalue weighted by molar-refractivity contribution is -0.135. The maximum Gasteiger partial charge on any atom is 0.293 e. The van der Waals surface area contributed by atoms with Crippen molar-refractivity contribution in [2.24, 2.45) is 0 Å².